The first-order valence-electron chi connectivity index (χ1n) is 8.73. The minimum absolute atomic E-state index is 0.261. The number of aliphatic hydroxyl groups excluding tert-OH is 1. The molecule has 0 saturated carbocycles. The van der Waals surface area contributed by atoms with E-state index in [2.05, 4.69) is 0 Å². The molecule has 0 aromatic carbocycles. The van der Waals surface area contributed by atoms with Gasteiger partial charge in [0, 0.05) is 40.3 Å². The number of aliphatic hydroxyl groups is 1. The molecule has 2 aliphatic rings. The van der Waals surface area contributed by atoms with Crippen LogP contribution < -0.4 is 0 Å². The van der Waals surface area contributed by atoms with Gasteiger partial charge in [-0.3, -0.25) is 0 Å². The summed E-state index contributed by atoms with van der Waals surface area (Å²) in [5.41, 5.74) is -1.48. The molecule has 5 nitrogen and oxygen atoms in total. The predicted molar refractivity (Wildman–Crippen MR) is 92.5 cm³/mol. The van der Waals surface area contributed by atoms with Gasteiger partial charge in [-0.1, -0.05) is 33.8 Å². The zero-order valence-corrected chi connectivity index (χ0v) is 16.3. The van der Waals surface area contributed by atoms with Gasteiger partial charge in [0.15, 0.2) is 0 Å². The lowest BCUT2D eigenvalue weighted by molar-refractivity contribution is -0.259. The van der Waals surface area contributed by atoms with Crippen molar-refractivity contribution in [2.75, 3.05) is 0 Å². The molecule has 0 aromatic heterocycles. The molecule has 0 bridgehead atoms. The molecule has 138 valence electrons. The van der Waals surface area contributed by atoms with E-state index in [-0.39, 0.29) is 12.1 Å². The van der Waals surface area contributed by atoms with E-state index < -0.39 is 28.0 Å². The highest BCUT2D eigenvalue weighted by atomic mass is 16.5. The zero-order chi connectivity index (χ0) is 18.7. The molecule has 1 saturated heterocycles. The molecule has 1 fully saturated rings. The minimum atomic E-state index is -0.636. The lowest BCUT2D eigenvalue weighted by atomic mass is 9.77. The van der Waals surface area contributed by atoms with Crippen LogP contribution in [-0.4, -0.2) is 44.6 Å². The standard InChI is InChI=1S/C19H33NO4/c1-16(2)11-13(19(7,8)15(16)22)14(21)24-12-9-17(3,4)20(23)18(5,6)10-12/h11-12,15,22-23H,9-10H2,1-8H3. The topological polar surface area (TPSA) is 70.0 Å². The number of esters is 1. The summed E-state index contributed by atoms with van der Waals surface area (Å²) in [4.78, 5) is 12.8. The number of piperidine rings is 1. The van der Waals surface area contributed by atoms with E-state index >= 15 is 0 Å². The smallest absolute Gasteiger partial charge is 0.334 e. The Morgan fingerprint density at radius 1 is 1.08 bits per heavy atom. The molecule has 0 aromatic rings. The first-order valence-corrected chi connectivity index (χ1v) is 8.73. The van der Waals surface area contributed by atoms with Crippen molar-refractivity contribution in [3.63, 3.8) is 0 Å². The SMILES string of the molecule is CC1(C)C=C(C(=O)OC2CC(C)(C)N(O)C(C)(C)C2)C(C)(C)C1O. The molecule has 1 heterocycles. The Morgan fingerprint density at radius 2 is 1.54 bits per heavy atom. The summed E-state index contributed by atoms with van der Waals surface area (Å²) in [6.07, 6.45) is 2.09. The number of nitrogens with zero attached hydrogens (tertiary/aromatic N) is 1. The van der Waals surface area contributed by atoms with Crippen LogP contribution in [0.3, 0.4) is 0 Å². The summed E-state index contributed by atoms with van der Waals surface area (Å²) in [5.74, 6) is -0.354. The van der Waals surface area contributed by atoms with Crippen LogP contribution in [0.5, 0.6) is 0 Å². The fraction of sp³-hybridized carbons (Fsp3) is 0.842. The Labute approximate surface area is 145 Å². The molecule has 1 unspecified atom stereocenters. The Bertz CT molecular complexity index is 542. The quantitative estimate of drug-likeness (QED) is 0.756. The summed E-state index contributed by atoms with van der Waals surface area (Å²) in [7, 11) is 0. The number of hydrogen-bond donors (Lipinski definition) is 2. The van der Waals surface area contributed by atoms with Gasteiger partial charge in [-0.25, -0.2) is 4.79 Å². The number of rotatable bonds is 2. The summed E-state index contributed by atoms with van der Waals surface area (Å²) < 4.78 is 5.82. The van der Waals surface area contributed by atoms with Gasteiger partial charge >= 0.3 is 5.97 Å². The second-order valence-corrected chi connectivity index (χ2v) is 9.88. The number of carbonyl (C=O) groups is 1. The van der Waals surface area contributed by atoms with Gasteiger partial charge in [-0.15, -0.1) is 0 Å². The van der Waals surface area contributed by atoms with Crippen LogP contribution in [0.25, 0.3) is 0 Å². The molecule has 1 aliphatic carbocycles. The molecule has 0 spiro atoms. The van der Waals surface area contributed by atoms with Gasteiger partial charge in [0.05, 0.1) is 6.10 Å². The second kappa shape index (κ2) is 5.55. The summed E-state index contributed by atoms with van der Waals surface area (Å²) in [6, 6.07) is 0. The van der Waals surface area contributed by atoms with Gasteiger partial charge < -0.3 is 15.1 Å². The zero-order valence-electron chi connectivity index (χ0n) is 16.3. The summed E-state index contributed by atoms with van der Waals surface area (Å²) in [6.45, 7) is 15.4. The number of carbonyl (C=O) groups excluding carboxylic acids is 1. The van der Waals surface area contributed by atoms with Gasteiger partial charge in [-0.2, -0.15) is 5.06 Å². The number of ether oxygens (including phenoxy) is 1. The Hall–Kier alpha value is -0.910. The van der Waals surface area contributed by atoms with Gasteiger partial charge in [0.1, 0.15) is 6.10 Å². The van der Waals surface area contributed by atoms with E-state index in [1.165, 1.54) is 5.06 Å². The summed E-state index contributed by atoms with van der Waals surface area (Å²) >= 11 is 0. The third-order valence-corrected chi connectivity index (χ3v) is 5.69. The predicted octanol–water partition coefficient (Wildman–Crippen LogP) is 3.29. The van der Waals surface area contributed by atoms with Crippen molar-refractivity contribution in [3.05, 3.63) is 11.6 Å². The summed E-state index contributed by atoms with van der Waals surface area (Å²) in [5, 5.41) is 22.2. The van der Waals surface area contributed by atoms with Gasteiger partial charge in [-0.05, 0) is 27.7 Å². The monoisotopic (exact) mass is 339 g/mol. The Balaban J connectivity index is 2.19. The van der Waals surface area contributed by atoms with Crippen LogP contribution in [0, 0.1) is 10.8 Å². The third kappa shape index (κ3) is 3.14. The molecule has 1 aliphatic heterocycles. The van der Waals surface area contributed by atoms with Crippen molar-refractivity contribution in [1.82, 2.24) is 5.06 Å². The van der Waals surface area contributed by atoms with Crippen molar-refractivity contribution in [2.45, 2.75) is 91.5 Å². The van der Waals surface area contributed by atoms with Crippen molar-refractivity contribution < 1.29 is 19.8 Å². The van der Waals surface area contributed by atoms with E-state index in [4.69, 9.17) is 4.74 Å². The molecule has 2 rings (SSSR count). The Morgan fingerprint density at radius 3 is 1.92 bits per heavy atom. The normalized spacial score (nSPS) is 31.6. The average molecular weight is 339 g/mol. The number of hydroxylamine groups is 2. The highest BCUT2D eigenvalue weighted by molar-refractivity contribution is 5.91. The van der Waals surface area contributed by atoms with Crippen molar-refractivity contribution in [1.29, 1.82) is 0 Å². The van der Waals surface area contributed by atoms with Crippen LogP contribution in [0.2, 0.25) is 0 Å². The maximum atomic E-state index is 12.8. The molecule has 2 N–H and O–H groups in total. The van der Waals surface area contributed by atoms with E-state index in [1.54, 1.807) is 0 Å². The van der Waals surface area contributed by atoms with E-state index in [9.17, 15) is 15.1 Å². The van der Waals surface area contributed by atoms with E-state index in [0.29, 0.717) is 18.4 Å². The van der Waals surface area contributed by atoms with Crippen molar-refractivity contribution >= 4 is 5.97 Å². The Kier molecular flexibility index (Phi) is 4.49. The first-order chi connectivity index (χ1) is 10.6. The van der Waals surface area contributed by atoms with Crippen LogP contribution in [0.1, 0.15) is 68.2 Å². The molecule has 0 radical (unpaired) electrons. The van der Waals surface area contributed by atoms with Crippen LogP contribution in [0.4, 0.5) is 0 Å². The molecule has 0 amide bonds. The molecular weight excluding hydrogens is 306 g/mol. The minimum Gasteiger partial charge on any atom is -0.459 e. The first kappa shape index (κ1) is 19.4. The maximum absolute atomic E-state index is 12.8. The fourth-order valence-electron chi connectivity index (χ4n) is 4.51. The lowest BCUT2D eigenvalue weighted by Crippen LogP contribution is -2.60. The van der Waals surface area contributed by atoms with Crippen LogP contribution >= 0.6 is 0 Å². The molecular formula is C19H33NO4. The molecule has 1 atom stereocenters. The third-order valence-electron chi connectivity index (χ3n) is 5.69. The highest BCUT2D eigenvalue weighted by Crippen LogP contribution is 2.49. The molecule has 5 heteroatoms. The van der Waals surface area contributed by atoms with Crippen molar-refractivity contribution in [3.8, 4) is 0 Å². The average Bonchev–Trinajstić information content (AvgIpc) is 2.55. The second-order valence-electron chi connectivity index (χ2n) is 9.88. The fourth-order valence-corrected chi connectivity index (χ4v) is 4.51. The van der Waals surface area contributed by atoms with Gasteiger partial charge in [0.2, 0.25) is 0 Å². The van der Waals surface area contributed by atoms with Crippen molar-refractivity contribution in [2.24, 2.45) is 10.8 Å². The maximum Gasteiger partial charge on any atom is 0.334 e. The van der Waals surface area contributed by atoms with E-state index in [1.807, 2.05) is 61.5 Å². The van der Waals surface area contributed by atoms with E-state index in [0.717, 1.165) is 0 Å². The molecule has 24 heavy (non-hydrogen) atoms. The van der Waals surface area contributed by atoms with Gasteiger partial charge in [0.25, 0.3) is 0 Å². The number of hydrogen-bond acceptors (Lipinski definition) is 5. The van der Waals surface area contributed by atoms with Crippen LogP contribution in [-0.2, 0) is 9.53 Å². The largest absolute Gasteiger partial charge is 0.459 e. The highest BCUT2D eigenvalue weighted by Gasteiger charge is 2.51. The van der Waals surface area contributed by atoms with Crippen LogP contribution in [0.15, 0.2) is 11.6 Å². The lowest BCUT2D eigenvalue weighted by Gasteiger charge is -2.51.